The molecule has 4 aromatic rings. The Morgan fingerprint density at radius 1 is 1.06 bits per heavy atom. The minimum atomic E-state index is -4.49. The van der Waals surface area contributed by atoms with Crippen LogP contribution in [0.4, 0.5) is 19.0 Å². The Morgan fingerprint density at radius 3 is 2.62 bits per heavy atom. The van der Waals surface area contributed by atoms with E-state index < -0.39 is 11.9 Å². The minimum Gasteiger partial charge on any atom is -0.368 e. The van der Waals surface area contributed by atoms with E-state index in [4.69, 9.17) is 0 Å². The van der Waals surface area contributed by atoms with E-state index in [2.05, 4.69) is 25.6 Å². The van der Waals surface area contributed by atoms with Crippen molar-refractivity contribution in [2.75, 3.05) is 5.32 Å². The highest BCUT2D eigenvalue weighted by Gasteiger charge is 2.34. The topological polar surface area (TPSA) is 88.6 Å². The fourth-order valence-corrected chi connectivity index (χ4v) is 4.06. The molecule has 4 aromatic heterocycles. The summed E-state index contributed by atoms with van der Waals surface area (Å²) < 4.78 is 42.1. The second-order valence-electron chi connectivity index (χ2n) is 7.91. The molecule has 0 aromatic carbocycles. The van der Waals surface area contributed by atoms with Gasteiger partial charge in [0, 0.05) is 43.1 Å². The van der Waals surface area contributed by atoms with Crippen LogP contribution in [0.1, 0.15) is 41.7 Å². The summed E-state index contributed by atoms with van der Waals surface area (Å²) >= 11 is 0. The molecule has 2 N–H and O–H groups in total. The molecular formula is C21H20F3N7O. The van der Waals surface area contributed by atoms with Crippen LogP contribution in [0, 0.1) is 0 Å². The summed E-state index contributed by atoms with van der Waals surface area (Å²) in [5, 5.41) is 6.38. The van der Waals surface area contributed by atoms with Crippen LogP contribution in [0.15, 0.2) is 49.2 Å². The molecule has 1 saturated carbocycles. The number of halogens is 3. The summed E-state index contributed by atoms with van der Waals surface area (Å²) in [6.07, 6.45) is 6.15. The Hall–Kier alpha value is -3.63. The second-order valence-corrected chi connectivity index (χ2v) is 7.91. The number of fused-ring (bicyclic) bond motifs is 2. The van der Waals surface area contributed by atoms with Gasteiger partial charge in [0.2, 0.25) is 5.78 Å². The number of nitrogens with zero attached hydrogens (tertiary/aromatic N) is 5. The van der Waals surface area contributed by atoms with Crippen LogP contribution in [0.2, 0.25) is 0 Å². The third kappa shape index (κ3) is 3.97. The number of carbonyl (C=O) groups excluding carboxylic acids is 1. The first-order valence-corrected chi connectivity index (χ1v) is 10.3. The standard InChI is InChI=1S/C21H20F3N7O/c22-21(23,24)16-12-31-17(2-1-3-18(31)29-16)27-14-4-6-15(7-5-14)28-19(32)13-10-26-20-25-8-9-30(20)11-13/h1-3,8-12,14-15,27H,4-7H2,(H,28,32)/t14-,15+. The summed E-state index contributed by atoms with van der Waals surface area (Å²) in [6, 6.07) is 5.08. The van der Waals surface area contributed by atoms with Gasteiger partial charge in [0.1, 0.15) is 11.5 Å². The van der Waals surface area contributed by atoms with Gasteiger partial charge in [-0.3, -0.25) is 13.6 Å². The Kier molecular flexibility index (Phi) is 4.95. The number of carbonyl (C=O) groups is 1. The van der Waals surface area contributed by atoms with E-state index >= 15 is 0 Å². The van der Waals surface area contributed by atoms with Crippen LogP contribution in [-0.2, 0) is 6.18 Å². The number of nitrogens with one attached hydrogen (secondary N) is 2. The van der Waals surface area contributed by atoms with Crippen molar-refractivity contribution in [1.82, 2.24) is 29.1 Å². The van der Waals surface area contributed by atoms with Crippen molar-refractivity contribution in [3.8, 4) is 0 Å². The summed E-state index contributed by atoms with van der Waals surface area (Å²) in [6.45, 7) is 0. The number of aromatic nitrogens is 5. The van der Waals surface area contributed by atoms with Gasteiger partial charge in [-0.1, -0.05) is 6.07 Å². The van der Waals surface area contributed by atoms with Gasteiger partial charge in [-0.25, -0.2) is 15.0 Å². The zero-order valence-electron chi connectivity index (χ0n) is 16.9. The Morgan fingerprint density at radius 2 is 1.84 bits per heavy atom. The SMILES string of the molecule is O=C(N[C@H]1CC[C@@H](Nc2cccc3nc(C(F)(F)F)cn23)CC1)c1cnc2nccn2c1. The van der Waals surface area contributed by atoms with E-state index in [0.29, 0.717) is 17.2 Å². The van der Waals surface area contributed by atoms with Gasteiger partial charge in [0.05, 0.1) is 5.56 Å². The molecule has 1 aliphatic rings. The molecule has 0 saturated heterocycles. The van der Waals surface area contributed by atoms with Crippen molar-refractivity contribution in [1.29, 1.82) is 0 Å². The van der Waals surface area contributed by atoms with Crippen LogP contribution in [0.5, 0.6) is 0 Å². The minimum absolute atomic E-state index is 0.0277. The maximum absolute atomic E-state index is 13.0. The average molecular weight is 443 g/mol. The van der Waals surface area contributed by atoms with E-state index in [0.717, 1.165) is 31.9 Å². The molecule has 0 bridgehead atoms. The molecule has 0 atom stereocenters. The van der Waals surface area contributed by atoms with Gasteiger partial charge < -0.3 is 10.6 Å². The predicted molar refractivity (Wildman–Crippen MR) is 110 cm³/mol. The molecule has 1 amide bonds. The Balaban J connectivity index is 1.20. The van der Waals surface area contributed by atoms with Crippen LogP contribution in [0.3, 0.4) is 0 Å². The molecule has 5 rings (SSSR count). The highest BCUT2D eigenvalue weighted by Crippen LogP contribution is 2.30. The van der Waals surface area contributed by atoms with Gasteiger partial charge >= 0.3 is 6.18 Å². The van der Waals surface area contributed by atoms with Crippen molar-refractivity contribution in [3.63, 3.8) is 0 Å². The van der Waals surface area contributed by atoms with E-state index in [1.54, 1.807) is 41.2 Å². The summed E-state index contributed by atoms with van der Waals surface area (Å²) in [5.41, 5.74) is -0.212. The first kappa shape index (κ1) is 20.3. The molecular weight excluding hydrogens is 423 g/mol. The van der Waals surface area contributed by atoms with Gasteiger partial charge in [-0.15, -0.1) is 0 Å². The molecule has 0 aliphatic heterocycles. The monoisotopic (exact) mass is 443 g/mol. The Bertz CT molecular complexity index is 1270. The van der Waals surface area contributed by atoms with E-state index in [9.17, 15) is 18.0 Å². The third-order valence-corrected chi connectivity index (χ3v) is 5.70. The van der Waals surface area contributed by atoms with Crippen LogP contribution in [-0.4, -0.2) is 41.7 Å². The molecule has 0 unspecified atom stereocenters. The number of pyridine rings is 1. The average Bonchev–Trinajstić information content (AvgIpc) is 3.42. The third-order valence-electron chi connectivity index (χ3n) is 5.70. The zero-order chi connectivity index (χ0) is 22.3. The maximum atomic E-state index is 13.0. The number of alkyl halides is 3. The predicted octanol–water partition coefficient (Wildman–Crippen LogP) is 3.55. The lowest BCUT2D eigenvalue weighted by Crippen LogP contribution is -2.40. The van der Waals surface area contributed by atoms with Gasteiger partial charge in [0.15, 0.2) is 5.69 Å². The molecule has 166 valence electrons. The van der Waals surface area contributed by atoms with Crippen LogP contribution in [0.25, 0.3) is 11.4 Å². The first-order valence-electron chi connectivity index (χ1n) is 10.3. The van der Waals surface area contributed by atoms with Crippen molar-refractivity contribution >= 4 is 23.1 Å². The number of hydrogen-bond donors (Lipinski definition) is 2. The van der Waals surface area contributed by atoms with E-state index in [1.165, 1.54) is 10.6 Å². The molecule has 4 heterocycles. The largest absolute Gasteiger partial charge is 0.434 e. The lowest BCUT2D eigenvalue weighted by molar-refractivity contribution is -0.140. The molecule has 11 heteroatoms. The van der Waals surface area contributed by atoms with Gasteiger partial charge in [-0.05, 0) is 37.8 Å². The van der Waals surface area contributed by atoms with Crippen molar-refractivity contribution in [2.24, 2.45) is 0 Å². The smallest absolute Gasteiger partial charge is 0.368 e. The van der Waals surface area contributed by atoms with Gasteiger partial charge in [0.25, 0.3) is 5.91 Å². The summed E-state index contributed by atoms with van der Waals surface area (Å²) in [4.78, 5) is 24.5. The quantitative estimate of drug-likeness (QED) is 0.504. The van der Waals surface area contributed by atoms with Crippen LogP contribution < -0.4 is 10.6 Å². The highest BCUT2D eigenvalue weighted by molar-refractivity contribution is 5.94. The van der Waals surface area contributed by atoms with Crippen molar-refractivity contribution in [3.05, 3.63) is 60.4 Å². The summed E-state index contributed by atoms with van der Waals surface area (Å²) in [5.74, 6) is 0.911. The lowest BCUT2D eigenvalue weighted by atomic mass is 9.91. The molecule has 8 nitrogen and oxygen atoms in total. The van der Waals surface area contributed by atoms with Crippen molar-refractivity contribution in [2.45, 2.75) is 43.9 Å². The number of amides is 1. The fourth-order valence-electron chi connectivity index (χ4n) is 4.06. The summed E-state index contributed by atoms with van der Waals surface area (Å²) in [7, 11) is 0. The van der Waals surface area contributed by atoms with E-state index in [1.807, 2.05) is 0 Å². The second kappa shape index (κ2) is 7.81. The molecule has 1 fully saturated rings. The Labute approximate surface area is 180 Å². The van der Waals surface area contributed by atoms with E-state index in [-0.39, 0.29) is 23.6 Å². The molecule has 0 spiro atoms. The van der Waals surface area contributed by atoms with Crippen LogP contribution >= 0.6 is 0 Å². The number of hydrogen-bond acceptors (Lipinski definition) is 5. The maximum Gasteiger partial charge on any atom is 0.434 e. The molecule has 0 radical (unpaired) electrons. The van der Waals surface area contributed by atoms with Crippen molar-refractivity contribution < 1.29 is 18.0 Å². The number of rotatable bonds is 4. The number of anilines is 1. The zero-order valence-corrected chi connectivity index (χ0v) is 16.9. The normalized spacial score (nSPS) is 19.3. The highest BCUT2D eigenvalue weighted by atomic mass is 19.4. The lowest BCUT2D eigenvalue weighted by Gasteiger charge is -2.30. The number of imidazole rings is 2. The molecule has 1 aliphatic carbocycles. The molecule has 32 heavy (non-hydrogen) atoms. The van der Waals surface area contributed by atoms with Gasteiger partial charge in [-0.2, -0.15) is 13.2 Å². The first-order chi connectivity index (χ1) is 15.4. The fraction of sp³-hybridized carbons (Fsp3) is 0.333.